The zero-order valence-corrected chi connectivity index (χ0v) is 12.0. The fraction of sp³-hybridized carbons (Fsp3) is 0.625. The Balaban J connectivity index is 2.12. The Bertz CT molecular complexity index is 381. The number of benzene rings is 1. The summed E-state index contributed by atoms with van der Waals surface area (Å²) in [6, 6.07) is 8.78. The van der Waals surface area contributed by atoms with Crippen LogP contribution in [0.2, 0.25) is 0 Å². The number of nitrogens with zero attached hydrogens (tertiary/aromatic N) is 1. The standard InChI is InChI=1S/C16H26N2O/c1-2-3-4-8-14(13-17)18-11-7-12-19-16-10-6-5-9-15(16)18/h5-6,9-10,14H,2-4,7-8,11-13,17H2,1H3. The molecule has 2 rings (SSSR count). The lowest BCUT2D eigenvalue weighted by Crippen LogP contribution is -2.41. The second kappa shape index (κ2) is 7.39. The predicted molar refractivity (Wildman–Crippen MR) is 80.9 cm³/mol. The van der Waals surface area contributed by atoms with E-state index in [9.17, 15) is 0 Å². The van der Waals surface area contributed by atoms with E-state index in [2.05, 4.69) is 30.0 Å². The van der Waals surface area contributed by atoms with Gasteiger partial charge >= 0.3 is 0 Å². The minimum atomic E-state index is 0.439. The number of para-hydroxylation sites is 2. The van der Waals surface area contributed by atoms with Gasteiger partial charge in [-0.2, -0.15) is 0 Å². The topological polar surface area (TPSA) is 38.5 Å². The maximum atomic E-state index is 6.01. The third-order valence-electron chi connectivity index (χ3n) is 3.83. The third kappa shape index (κ3) is 3.63. The molecule has 0 saturated carbocycles. The van der Waals surface area contributed by atoms with Crippen LogP contribution < -0.4 is 15.4 Å². The molecule has 0 spiro atoms. The van der Waals surface area contributed by atoms with Gasteiger partial charge in [0.1, 0.15) is 5.75 Å². The molecule has 19 heavy (non-hydrogen) atoms. The van der Waals surface area contributed by atoms with Gasteiger partial charge in [-0.25, -0.2) is 0 Å². The first-order valence-corrected chi connectivity index (χ1v) is 7.55. The molecule has 0 bridgehead atoms. The monoisotopic (exact) mass is 262 g/mol. The molecule has 106 valence electrons. The van der Waals surface area contributed by atoms with Gasteiger partial charge in [-0.15, -0.1) is 0 Å². The van der Waals surface area contributed by atoms with Crippen molar-refractivity contribution < 1.29 is 4.74 Å². The fourth-order valence-electron chi connectivity index (χ4n) is 2.76. The van der Waals surface area contributed by atoms with Crippen LogP contribution in [0.5, 0.6) is 5.75 Å². The van der Waals surface area contributed by atoms with E-state index in [1.807, 2.05) is 6.07 Å². The summed E-state index contributed by atoms with van der Waals surface area (Å²) >= 11 is 0. The van der Waals surface area contributed by atoms with Crippen LogP contribution in [0.15, 0.2) is 24.3 Å². The van der Waals surface area contributed by atoms with Crippen molar-refractivity contribution in [1.82, 2.24) is 0 Å². The van der Waals surface area contributed by atoms with Crippen molar-refractivity contribution in [3.8, 4) is 5.75 Å². The molecule has 1 atom stereocenters. The molecule has 1 aromatic rings. The summed E-state index contributed by atoms with van der Waals surface area (Å²) in [6.45, 7) is 4.81. The second-order valence-electron chi connectivity index (χ2n) is 5.25. The molecule has 3 heteroatoms. The fourth-order valence-corrected chi connectivity index (χ4v) is 2.76. The van der Waals surface area contributed by atoms with E-state index in [4.69, 9.17) is 10.5 Å². The molecule has 0 aliphatic carbocycles. The Kier molecular flexibility index (Phi) is 5.52. The van der Waals surface area contributed by atoms with Crippen molar-refractivity contribution >= 4 is 5.69 Å². The van der Waals surface area contributed by atoms with Gasteiger partial charge in [0, 0.05) is 19.1 Å². The van der Waals surface area contributed by atoms with E-state index in [1.165, 1.54) is 31.4 Å². The molecular formula is C16H26N2O. The first-order chi connectivity index (χ1) is 9.36. The Labute approximate surface area is 116 Å². The number of hydrogen-bond donors (Lipinski definition) is 1. The summed E-state index contributed by atoms with van der Waals surface area (Å²) in [5.41, 5.74) is 7.23. The highest BCUT2D eigenvalue weighted by atomic mass is 16.5. The molecule has 0 fully saturated rings. The van der Waals surface area contributed by atoms with Gasteiger partial charge in [0.2, 0.25) is 0 Å². The van der Waals surface area contributed by atoms with Crippen LogP contribution in [0.3, 0.4) is 0 Å². The minimum absolute atomic E-state index is 0.439. The van der Waals surface area contributed by atoms with Crippen LogP contribution in [0.4, 0.5) is 5.69 Å². The smallest absolute Gasteiger partial charge is 0.142 e. The largest absolute Gasteiger partial charge is 0.491 e. The Morgan fingerprint density at radius 3 is 2.95 bits per heavy atom. The summed E-state index contributed by atoms with van der Waals surface area (Å²) in [7, 11) is 0. The predicted octanol–water partition coefficient (Wildman–Crippen LogP) is 3.18. The van der Waals surface area contributed by atoms with Crippen molar-refractivity contribution in [2.45, 2.75) is 45.1 Å². The molecule has 0 amide bonds. The van der Waals surface area contributed by atoms with Crippen LogP contribution in [0.1, 0.15) is 39.0 Å². The molecule has 3 nitrogen and oxygen atoms in total. The summed E-state index contributed by atoms with van der Waals surface area (Å²) in [4.78, 5) is 2.46. The highest BCUT2D eigenvalue weighted by molar-refractivity contribution is 5.59. The van der Waals surface area contributed by atoms with Crippen LogP contribution in [0, 0.1) is 0 Å². The lowest BCUT2D eigenvalue weighted by Gasteiger charge is -2.32. The molecule has 1 aliphatic heterocycles. The van der Waals surface area contributed by atoms with E-state index in [0.717, 1.165) is 31.9 Å². The maximum absolute atomic E-state index is 6.01. The number of nitrogens with two attached hydrogens (primary N) is 1. The summed E-state index contributed by atoms with van der Waals surface area (Å²) in [5.74, 6) is 1.01. The van der Waals surface area contributed by atoms with Gasteiger partial charge in [-0.1, -0.05) is 38.3 Å². The third-order valence-corrected chi connectivity index (χ3v) is 3.83. The SMILES string of the molecule is CCCCCC(CN)N1CCCOc2ccccc21. The van der Waals surface area contributed by atoms with Gasteiger partial charge in [0.25, 0.3) is 0 Å². The number of ether oxygens (including phenoxy) is 1. The lowest BCUT2D eigenvalue weighted by atomic mass is 10.1. The van der Waals surface area contributed by atoms with Gasteiger partial charge in [0.05, 0.1) is 12.3 Å². The Morgan fingerprint density at radius 1 is 1.32 bits per heavy atom. The molecule has 1 unspecified atom stereocenters. The van der Waals surface area contributed by atoms with Crippen LogP contribution in [0.25, 0.3) is 0 Å². The zero-order chi connectivity index (χ0) is 13.5. The van der Waals surface area contributed by atoms with E-state index in [1.54, 1.807) is 0 Å². The summed E-state index contributed by atoms with van der Waals surface area (Å²) in [6.07, 6.45) is 6.06. The first-order valence-electron chi connectivity index (χ1n) is 7.55. The van der Waals surface area contributed by atoms with E-state index < -0.39 is 0 Å². The van der Waals surface area contributed by atoms with E-state index in [-0.39, 0.29) is 0 Å². The average Bonchev–Trinajstić information content (AvgIpc) is 2.66. The highest BCUT2D eigenvalue weighted by Gasteiger charge is 2.22. The minimum Gasteiger partial charge on any atom is -0.491 e. The van der Waals surface area contributed by atoms with Crippen molar-refractivity contribution in [3.05, 3.63) is 24.3 Å². The molecule has 2 N–H and O–H groups in total. The Morgan fingerprint density at radius 2 is 2.16 bits per heavy atom. The quantitative estimate of drug-likeness (QED) is 0.800. The number of anilines is 1. The van der Waals surface area contributed by atoms with Gasteiger partial charge < -0.3 is 15.4 Å². The average molecular weight is 262 g/mol. The number of rotatable bonds is 6. The molecular weight excluding hydrogens is 236 g/mol. The zero-order valence-electron chi connectivity index (χ0n) is 12.0. The van der Waals surface area contributed by atoms with E-state index in [0.29, 0.717) is 6.04 Å². The molecule has 1 aromatic carbocycles. The van der Waals surface area contributed by atoms with Gasteiger partial charge in [-0.3, -0.25) is 0 Å². The molecule has 1 heterocycles. The Hall–Kier alpha value is -1.22. The van der Waals surface area contributed by atoms with Gasteiger partial charge in [-0.05, 0) is 25.0 Å². The van der Waals surface area contributed by atoms with Crippen molar-refractivity contribution in [2.75, 3.05) is 24.6 Å². The van der Waals surface area contributed by atoms with Crippen LogP contribution in [-0.2, 0) is 0 Å². The summed E-state index contributed by atoms with van der Waals surface area (Å²) in [5, 5.41) is 0. The molecule has 0 saturated heterocycles. The number of hydrogen-bond acceptors (Lipinski definition) is 3. The van der Waals surface area contributed by atoms with Crippen molar-refractivity contribution in [2.24, 2.45) is 5.73 Å². The molecule has 0 radical (unpaired) electrons. The highest BCUT2D eigenvalue weighted by Crippen LogP contribution is 2.32. The first kappa shape index (κ1) is 14.2. The summed E-state index contributed by atoms with van der Waals surface area (Å²) < 4.78 is 5.82. The maximum Gasteiger partial charge on any atom is 0.142 e. The lowest BCUT2D eigenvalue weighted by molar-refractivity contribution is 0.322. The molecule has 0 aromatic heterocycles. The number of unbranched alkanes of at least 4 members (excludes halogenated alkanes) is 2. The van der Waals surface area contributed by atoms with Crippen molar-refractivity contribution in [3.63, 3.8) is 0 Å². The van der Waals surface area contributed by atoms with Gasteiger partial charge in [0.15, 0.2) is 0 Å². The molecule has 1 aliphatic rings. The normalized spacial score (nSPS) is 16.4. The van der Waals surface area contributed by atoms with Crippen LogP contribution in [-0.4, -0.2) is 25.7 Å². The van der Waals surface area contributed by atoms with Crippen LogP contribution >= 0.6 is 0 Å². The van der Waals surface area contributed by atoms with E-state index >= 15 is 0 Å². The number of fused-ring (bicyclic) bond motifs is 1. The van der Waals surface area contributed by atoms with Crippen molar-refractivity contribution in [1.29, 1.82) is 0 Å². The second-order valence-corrected chi connectivity index (χ2v) is 5.25.